The summed E-state index contributed by atoms with van der Waals surface area (Å²) >= 11 is 10.0. The normalized spacial score (nSPS) is 12.9. The topological polar surface area (TPSA) is 46.9 Å². The van der Waals surface area contributed by atoms with Gasteiger partial charge < -0.3 is 5.32 Å². The van der Waals surface area contributed by atoms with Crippen molar-refractivity contribution in [3.05, 3.63) is 13.7 Å². The van der Waals surface area contributed by atoms with Crippen molar-refractivity contribution in [2.75, 3.05) is 0 Å². The summed E-state index contributed by atoms with van der Waals surface area (Å²) in [6.45, 7) is 5.28. The Balaban J connectivity index is 2.95. The van der Waals surface area contributed by atoms with E-state index < -0.39 is 11.6 Å². The summed E-state index contributed by atoms with van der Waals surface area (Å²) in [6, 6.07) is -0.477. The summed E-state index contributed by atoms with van der Waals surface area (Å²) in [5, 5.41) is 6.99. The molecule has 98 valence electrons. The Morgan fingerprint density at radius 1 is 1.50 bits per heavy atom. The maximum absolute atomic E-state index is 12.1. The molecule has 1 amide bonds. The van der Waals surface area contributed by atoms with Crippen LogP contribution in [0.3, 0.4) is 0 Å². The summed E-state index contributed by atoms with van der Waals surface area (Å²) in [5.41, 5.74) is -0.681. The first-order valence-electron chi connectivity index (χ1n) is 5.08. The van der Waals surface area contributed by atoms with E-state index in [1.807, 2.05) is 0 Å². The van der Waals surface area contributed by atoms with Crippen molar-refractivity contribution in [1.29, 1.82) is 0 Å². The van der Waals surface area contributed by atoms with Crippen LogP contribution < -0.4 is 5.32 Å². The molecular weight excluding hydrogens is 430 g/mol. The van der Waals surface area contributed by atoms with Crippen LogP contribution in [0.15, 0.2) is 13.7 Å². The van der Waals surface area contributed by atoms with E-state index in [0.717, 1.165) is 4.47 Å². The molecule has 1 aromatic rings. The summed E-state index contributed by atoms with van der Waals surface area (Å²) in [5.74, 6) is 2.32. The Bertz CT molecular complexity index is 516. The van der Waals surface area contributed by atoms with Crippen molar-refractivity contribution in [1.82, 2.24) is 15.1 Å². The van der Waals surface area contributed by atoms with Crippen molar-refractivity contribution < 1.29 is 4.79 Å². The van der Waals surface area contributed by atoms with Gasteiger partial charge in [0.15, 0.2) is 0 Å². The lowest BCUT2D eigenvalue weighted by atomic mass is 10.1. The molecule has 18 heavy (non-hydrogen) atoms. The van der Waals surface area contributed by atoms with Crippen LogP contribution >= 0.6 is 47.8 Å². The second-order valence-electron chi connectivity index (χ2n) is 4.27. The third-order valence-electron chi connectivity index (χ3n) is 2.30. The summed E-state index contributed by atoms with van der Waals surface area (Å²) in [6.07, 6.45) is 5.34. The Morgan fingerprint density at radius 3 is 2.44 bits per heavy atom. The van der Waals surface area contributed by atoms with Crippen LogP contribution in [0.5, 0.6) is 0 Å². The van der Waals surface area contributed by atoms with Gasteiger partial charge in [-0.1, -0.05) is 5.92 Å². The summed E-state index contributed by atoms with van der Waals surface area (Å²) < 4.78 is 3.65. The number of hydrogen-bond donors (Lipinski definition) is 1. The molecular formula is C11H12Br3N3O. The molecule has 1 heterocycles. The largest absolute Gasteiger partial charge is 0.338 e. The number of rotatable bonds is 3. The number of carbonyl (C=O) groups excluding carboxylic acids is 1. The number of amides is 1. The highest BCUT2D eigenvalue weighted by Gasteiger charge is 2.25. The van der Waals surface area contributed by atoms with Crippen LogP contribution in [0.25, 0.3) is 0 Å². The SMILES string of the molecule is C#CC(C)(C)NC(=O)C(C)n1nc(Br)c(Br)c1Br. The standard InChI is InChI=1S/C11H12Br3N3O/c1-5-11(3,4)15-10(18)6(2)17-9(14)7(12)8(13)16-17/h1,6H,2-4H3,(H,15,18). The van der Waals surface area contributed by atoms with Crippen molar-refractivity contribution in [3.8, 4) is 12.3 Å². The van der Waals surface area contributed by atoms with E-state index in [4.69, 9.17) is 6.42 Å². The fraction of sp³-hybridized carbons (Fsp3) is 0.455. The maximum Gasteiger partial charge on any atom is 0.245 e. The first kappa shape index (κ1) is 15.7. The van der Waals surface area contributed by atoms with E-state index in [-0.39, 0.29) is 5.91 Å². The Kier molecular flexibility index (Phi) is 5.04. The van der Waals surface area contributed by atoms with E-state index in [1.165, 1.54) is 0 Å². The van der Waals surface area contributed by atoms with E-state index >= 15 is 0 Å². The van der Waals surface area contributed by atoms with Crippen LogP contribution in [0, 0.1) is 12.3 Å². The molecule has 0 aliphatic heterocycles. The van der Waals surface area contributed by atoms with Gasteiger partial charge in [-0.05, 0) is 68.6 Å². The quantitative estimate of drug-likeness (QED) is 0.732. The zero-order chi connectivity index (χ0) is 14.1. The third-order valence-corrected chi connectivity index (χ3v) is 5.43. The van der Waals surface area contributed by atoms with Crippen molar-refractivity contribution in [2.45, 2.75) is 32.4 Å². The van der Waals surface area contributed by atoms with Gasteiger partial charge in [-0.15, -0.1) is 6.42 Å². The minimum Gasteiger partial charge on any atom is -0.338 e. The molecule has 0 aromatic carbocycles. The smallest absolute Gasteiger partial charge is 0.245 e. The van der Waals surface area contributed by atoms with Gasteiger partial charge in [-0.3, -0.25) is 4.79 Å². The highest BCUT2D eigenvalue weighted by Crippen LogP contribution is 2.32. The third kappa shape index (κ3) is 3.37. The minimum atomic E-state index is -0.681. The lowest BCUT2D eigenvalue weighted by molar-refractivity contribution is -0.125. The lowest BCUT2D eigenvalue weighted by Crippen LogP contribution is -2.45. The average molecular weight is 442 g/mol. The van der Waals surface area contributed by atoms with Crippen LogP contribution in [0.4, 0.5) is 0 Å². The predicted molar refractivity (Wildman–Crippen MR) is 81.1 cm³/mol. The summed E-state index contributed by atoms with van der Waals surface area (Å²) in [7, 11) is 0. The zero-order valence-corrected chi connectivity index (χ0v) is 14.8. The number of aromatic nitrogens is 2. The second kappa shape index (κ2) is 5.76. The molecule has 0 aliphatic rings. The van der Waals surface area contributed by atoms with Crippen molar-refractivity contribution in [3.63, 3.8) is 0 Å². The van der Waals surface area contributed by atoms with E-state index in [2.05, 4.69) is 64.1 Å². The number of carbonyl (C=O) groups is 1. The molecule has 0 radical (unpaired) electrons. The molecule has 0 aliphatic carbocycles. The lowest BCUT2D eigenvalue weighted by Gasteiger charge is -2.22. The van der Waals surface area contributed by atoms with Crippen molar-refractivity contribution in [2.24, 2.45) is 0 Å². The second-order valence-corrected chi connectivity index (χ2v) is 6.57. The monoisotopic (exact) mass is 439 g/mol. The zero-order valence-electron chi connectivity index (χ0n) is 10.1. The first-order valence-corrected chi connectivity index (χ1v) is 7.46. The Labute approximate surface area is 131 Å². The van der Waals surface area contributed by atoms with Gasteiger partial charge in [0.25, 0.3) is 0 Å². The molecule has 0 fully saturated rings. The van der Waals surface area contributed by atoms with Gasteiger partial charge in [0, 0.05) is 0 Å². The van der Waals surface area contributed by atoms with Crippen LogP contribution in [0.1, 0.15) is 26.8 Å². The van der Waals surface area contributed by atoms with Gasteiger partial charge in [-0.25, -0.2) is 4.68 Å². The fourth-order valence-corrected chi connectivity index (χ4v) is 2.64. The molecule has 1 aromatic heterocycles. The number of halogens is 3. The molecule has 1 unspecified atom stereocenters. The predicted octanol–water partition coefficient (Wildman–Crippen LogP) is 3.26. The van der Waals surface area contributed by atoms with Crippen LogP contribution in [-0.2, 0) is 4.79 Å². The molecule has 0 bridgehead atoms. The molecule has 4 nitrogen and oxygen atoms in total. The van der Waals surface area contributed by atoms with Gasteiger partial charge in [0.1, 0.15) is 15.2 Å². The highest BCUT2D eigenvalue weighted by molar-refractivity contribution is 9.14. The highest BCUT2D eigenvalue weighted by atomic mass is 79.9. The summed E-state index contributed by atoms with van der Waals surface area (Å²) in [4.78, 5) is 12.1. The van der Waals surface area contributed by atoms with Crippen molar-refractivity contribution >= 4 is 53.7 Å². The van der Waals surface area contributed by atoms with E-state index in [0.29, 0.717) is 9.21 Å². The Morgan fingerprint density at radius 2 is 2.06 bits per heavy atom. The van der Waals surface area contributed by atoms with Gasteiger partial charge in [0.05, 0.1) is 10.0 Å². The van der Waals surface area contributed by atoms with Crippen LogP contribution in [-0.4, -0.2) is 21.2 Å². The van der Waals surface area contributed by atoms with Crippen LogP contribution in [0.2, 0.25) is 0 Å². The Hall–Kier alpha value is -0.320. The van der Waals surface area contributed by atoms with Gasteiger partial charge in [0.2, 0.25) is 5.91 Å². The molecule has 1 rings (SSSR count). The van der Waals surface area contributed by atoms with Gasteiger partial charge >= 0.3 is 0 Å². The van der Waals surface area contributed by atoms with Gasteiger partial charge in [-0.2, -0.15) is 5.10 Å². The number of terminal acetylenes is 1. The number of nitrogens with one attached hydrogen (secondary N) is 1. The first-order chi connectivity index (χ1) is 8.19. The molecule has 0 saturated heterocycles. The van der Waals surface area contributed by atoms with E-state index in [9.17, 15) is 4.79 Å². The number of hydrogen-bond acceptors (Lipinski definition) is 2. The molecule has 1 N–H and O–H groups in total. The number of nitrogens with zero attached hydrogens (tertiary/aromatic N) is 2. The van der Waals surface area contributed by atoms with E-state index in [1.54, 1.807) is 25.5 Å². The fourth-order valence-electron chi connectivity index (χ4n) is 1.18. The molecule has 0 spiro atoms. The minimum absolute atomic E-state index is 0.193. The molecule has 7 heteroatoms. The average Bonchev–Trinajstić information content (AvgIpc) is 2.55. The molecule has 0 saturated carbocycles. The molecule has 1 atom stereocenters. The maximum atomic E-state index is 12.1.